The van der Waals surface area contributed by atoms with E-state index in [0.717, 1.165) is 81.7 Å². The van der Waals surface area contributed by atoms with E-state index in [1.54, 1.807) is 12.1 Å². The molecule has 11 heteroatoms. The number of ether oxygens (including phenoxy) is 1. The number of amides is 5. The van der Waals surface area contributed by atoms with Gasteiger partial charge in [-0.1, -0.05) is 0 Å². The van der Waals surface area contributed by atoms with Crippen LogP contribution in [0.25, 0.3) is 0 Å². The summed E-state index contributed by atoms with van der Waals surface area (Å²) in [5, 5.41) is 2.14. The van der Waals surface area contributed by atoms with Crippen molar-refractivity contribution in [2.75, 3.05) is 50.7 Å². The highest BCUT2D eigenvalue weighted by atomic mass is 16.6. The van der Waals surface area contributed by atoms with Crippen LogP contribution in [0.3, 0.4) is 0 Å². The molecule has 0 saturated carbocycles. The summed E-state index contributed by atoms with van der Waals surface area (Å²) >= 11 is 0. The van der Waals surface area contributed by atoms with Gasteiger partial charge in [0.15, 0.2) is 0 Å². The fourth-order valence-electron chi connectivity index (χ4n) is 5.73. The molecule has 1 atom stereocenters. The Morgan fingerprint density at radius 2 is 1.62 bits per heavy atom. The predicted octanol–water partition coefficient (Wildman–Crippen LogP) is 2.02. The number of piperidine rings is 1. The van der Waals surface area contributed by atoms with Crippen molar-refractivity contribution >= 4 is 35.4 Å². The Labute approximate surface area is 234 Å². The third kappa shape index (κ3) is 5.89. The molecule has 40 heavy (non-hydrogen) atoms. The lowest BCUT2D eigenvalue weighted by molar-refractivity contribution is -0.130. The minimum atomic E-state index is -1.14. The minimum absolute atomic E-state index is 0.222. The van der Waals surface area contributed by atoms with Crippen molar-refractivity contribution in [2.24, 2.45) is 5.92 Å². The van der Waals surface area contributed by atoms with Crippen LogP contribution in [0, 0.1) is 5.92 Å². The third-order valence-corrected chi connectivity index (χ3v) is 7.98. The maximum absolute atomic E-state index is 13.1. The van der Waals surface area contributed by atoms with Gasteiger partial charge in [0, 0.05) is 51.0 Å². The molecule has 4 aliphatic heterocycles. The van der Waals surface area contributed by atoms with E-state index in [0.29, 0.717) is 5.92 Å². The Kier molecular flexibility index (Phi) is 7.67. The number of rotatable bonds is 5. The minimum Gasteiger partial charge on any atom is -0.444 e. The number of hydrogen-bond acceptors (Lipinski definition) is 8. The van der Waals surface area contributed by atoms with Crippen molar-refractivity contribution in [1.82, 2.24) is 20.0 Å². The predicted molar refractivity (Wildman–Crippen MR) is 147 cm³/mol. The lowest BCUT2D eigenvalue weighted by Crippen LogP contribution is -2.51. The van der Waals surface area contributed by atoms with Crippen LogP contribution < -0.4 is 10.2 Å². The number of nitrogens with zero attached hydrogens (tertiary/aromatic N) is 4. The Balaban J connectivity index is 1.10. The number of benzene rings is 1. The number of likely N-dealkylation sites (tertiary alicyclic amines) is 1. The summed E-state index contributed by atoms with van der Waals surface area (Å²) in [6, 6.07) is 4.10. The number of carbonyl (C=O) groups excluding carboxylic acids is 5. The lowest BCUT2D eigenvalue weighted by atomic mass is 9.93. The highest BCUT2D eigenvalue weighted by Crippen LogP contribution is 2.30. The largest absolute Gasteiger partial charge is 0.444 e. The van der Waals surface area contributed by atoms with Gasteiger partial charge in [0.25, 0.3) is 17.7 Å². The van der Waals surface area contributed by atoms with E-state index in [2.05, 4.69) is 15.1 Å². The average Bonchev–Trinajstić information content (AvgIpc) is 3.16. The van der Waals surface area contributed by atoms with Crippen LogP contribution in [0.1, 0.15) is 60.7 Å². The first-order chi connectivity index (χ1) is 19.0. The van der Waals surface area contributed by atoms with E-state index in [4.69, 9.17) is 4.74 Å². The van der Waals surface area contributed by atoms with Crippen LogP contribution in [0.5, 0.6) is 0 Å². The SMILES string of the molecule is CC(C)(C)OC(=O)N1CCC(CCN2CCN(c3ccc4c(c3)C(=O)N(C3C=CC(=O)NC3=O)C4=O)CC2)CC1. The molecule has 214 valence electrons. The van der Waals surface area contributed by atoms with Crippen LogP contribution in [0.15, 0.2) is 30.4 Å². The van der Waals surface area contributed by atoms with E-state index < -0.39 is 35.3 Å². The van der Waals surface area contributed by atoms with Crippen molar-refractivity contribution in [3.63, 3.8) is 0 Å². The van der Waals surface area contributed by atoms with Gasteiger partial charge in [-0.3, -0.25) is 34.3 Å². The molecule has 1 unspecified atom stereocenters. The third-order valence-electron chi connectivity index (χ3n) is 7.98. The fraction of sp³-hybridized carbons (Fsp3) is 0.552. The normalized spacial score (nSPS) is 22.6. The zero-order valence-electron chi connectivity index (χ0n) is 23.4. The molecule has 5 rings (SSSR count). The summed E-state index contributed by atoms with van der Waals surface area (Å²) < 4.78 is 5.50. The molecule has 4 heterocycles. The number of hydrogen-bond donors (Lipinski definition) is 1. The second-order valence-corrected chi connectivity index (χ2v) is 11.9. The van der Waals surface area contributed by atoms with Gasteiger partial charge in [0.2, 0.25) is 5.91 Å². The summed E-state index contributed by atoms with van der Waals surface area (Å²) in [5.41, 5.74) is 0.940. The number of fused-ring (bicyclic) bond motifs is 1. The zero-order valence-corrected chi connectivity index (χ0v) is 23.4. The highest BCUT2D eigenvalue weighted by Gasteiger charge is 2.43. The second-order valence-electron chi connectivity index (χ2n) is 11.9. The van der Waals surface area contributed by atoms with Crippen molar-refractivity contribution in [1.29, 1.82) is 0 Å². The van der Waals surface area contributed by atoms with Gasteiger partial charge in [0.05, 0.1) is 11.1 Å². The van der Waals surface area contributed by atoms with Gasteiger partial charge in [-0.05, 0) is 76.8 Å². The van der Waals surface area contributed by atoms with E-state index in [1.807, 2.05) is 31.7 Å². The summed E-state index contributed by atoms with van der Waals surface area (Å²) in [6.45, 7) is 11.6. The molecule has 2 saturated heterocycles. The molecule has 1 N–H and O–H groups in total. The van der Waals surface area contributed by atoms with Gasteiger partial charge in [-0.15, -0.1) is 0 Å². The molecule has 0 aliphatic carbocycles. The molecular weight excluding hydrogens is 514 g/mol. The van der Waals surface area contributed by atoms with Crippen molar-refractivity contribution in [3.05, 3.63) is 41.5 Å². The summed E-state index contributed by atoms with van der Waals surface area (Å²) in [6.07, 6.45) is 5.31. The fourth-order valence-corrected chi connectivity index (χ4v) is 5.73. The van der Waals surface area contributed by atoms with Gasteiger partial charge < -0.3 is 14.5 Å². The van der Waals surface area contributed by atoms with Crippen LogP contribution in [-0.2, 0) is 14.3 Å². The van der Waals surface area contributed by atoms with Gasteiger partial charge in [-0.25, -0.2) is 4.79 Å². The monoisotopic (exact) mass is 551 g/mol. The Bertz CT molecular complexity index is 1240. The standard InChI is InChI=1S/C29H37N5O6/c1-29(2,3)40-28(39)33-12-9-19(10-13-33)8-11-31-14-16-32(17-15-31)20-4-5-21-22(18-20)27(38)34(26(21)37)23-6-7-24(35)30-25(23)36/h4-7,18-19,23H,8-17H2,1-3H3,(H,30,35,36). The van der Waals surface area contributed by atoms with Gasteiger partial charge in [0.1, 0.15) is 11.6 Å². The Morgan fingerprint density at radius 3 is 2.27 bits per heavy atom. The molecule has 0 spiro atoms. The number of piperazine rings is 1. The Morgan fingerprint density at radius 1 is 0.950 bits per heavy atom. The summed E-state index contributed by atoms with van der Waals surface area (Å²) in [7, 11) is 0. The molecule has 5 amide bonds. The average molecular weight is 552 g/mol. The molecule has 2 fully saturated rings. The quantitative estimate of drug-likeness (QED) is 0.552. The van der Waals surface area contributed by atoms with Crippen LogP contribution >= 0.6 is 0 Å². The lowest BCUT2D eigenvalue weighted by Gasteiger charge is -2.38. The molecule has 0 aromatic heterocycles. The second kappa shape index (κ2) is 11.0. The summed E-state index contributed by atoms with van der Waals surface area (Å²) in [5.74, 6) is -1.72. The van der Waals surface area contributed by atoms with Crippen LogP contribution in [-0.4, -0.2) is 102 Å². The number of imide groups is 2. The van der Waals surface area contributed by atoms with E-state index in [1.165, 1.54) is 6.08 Å². The molecule has 0 radical (unpaired) electrons. The van der Waals surface area contributed by atoms with Crippen LogP contribution in [0.4, 0.5) is 10.5 Å². The maximum Gasteiger partial charge on any atom is 0.410 e. The molecule has 1 aromatic carbocycles. The maximum atomic E-state index is 13.1. The van der Waals surface area contributed by atoms with Crippen molar-refractivity contribution in [3.8, 4) is 0 Å². The highest BCUT2D eigenvalue weighted by molar-refractivity contribution is 6.24. The zero-order chi connectivity index (χ0) is 28.6. The topological polar surface area (TPSA) is 120 Å². The molecule has 11 nitrogen and oxygen atoms in total. The van der Waals surface area contributed by atoms with E-state index >= 15 is 0 Å². The number of nitrogens with one attached hydrogen (secondary N) is 1. The first-order valence-electron chi connectivity index (χ1n) is 14.0. The first kappa shape index (κ1) is 27.8. The van der Waals surface area contributed by atoms with Crippen molar-refractivity contribution < 1.29 is 28.7 Å². The molecular formula is C29H37N5O6. The van der Waals surface area contributed by atoms with E-state index in [9.17, 15) is 24.0 Å². The summed E-state index contributed by atoms with van der Waals surface area (Å²) in [4.78, 5) is 69.4. The number of anilines is 1. The molecule has 4 aliphatic rings. The number of carbonyl (C=O) groups is 5. The van der Waals surface area contributed by atoms with Gasteiger partial charge >= 0.3 is 6.09 Å². The molecule has 0 bridgehead atoms. The van der Waals surface area contributed by atoms with Gasteiger partial charge in [-0.2, -0.15) is 0 Å². The van der Waals surface area contributed by atoms with E-state index in [-0.39, 0.29) is 17.2 Å². The Hall–Kier alpha value is -3.73. The van der Waals surface area contributed by atoms with Crippen molar-refractivity contribution in [2.45, 2.75) is 51.7 Å². The van der Waals surface area contributed by atoms with Crippen LogP contribution in [0.2, 0.25) is 0 Å². The first-order valence-corrected chi connectivity index (χ1v) is 14.0. The smallest absolute Gasteiger partial charge is 0.410 e. The molecule has 1 aromatic rings.